The third-order valence-electron chi connectivity index (χ3n) is 6.00. The van der Waals surface area contributed by atoms with Crippen LogP contribution in [0.3, 0.4) is 0 Å². The quantitative estimate of drug-likeness (QED) is 0.746. The molecule has 2 aliphatic heterocycles. The van der Waals surface area contributed by atoms with E-state index in [1.807, 2.05) is 12.1 Å². The Bertz CT molecular complexity index is 1040. The highest BCUT2D eigenvalue weighted by molar-refractivity contribution is 7.89. The number of benzene rings is 2. The molecule has 0 N–H and O–H groups in total. The topological polar surface area (TPSA) is 60.9 Å². The van der Waals surface area contributed by atoms with E-state index in [0.29, 0.717) is 13.1 Å². The van der Waals surface area contributed by atoms with Crippen molar-refractivity contribution >= 4 is 21.6 Å². The van der Waals surface area contributed by atoms with E-state index in [4.69, 9.17) is 0 Å². The van der Waals surface area contributed by atoms with Crippen LogP contribution in [0.1, 0.15) is 18.9 Å². The molecular weight excluding hydrogens is 405 g/mol. The molecule has 2 aromatic rings. The molecular formula is C22H26FN3O3S. The Morgan fingerprint density at radius 3 is 2.53 bits per heavy atom. The lowest BCUT2D eigenvalue weighted by molar-refractivity contribution is -0.131. The molecule has 2 heterocycles. The van der Waals surface area contributed by atoms with Gasteiger partial charge in [0.1, 0.15) is 5.82 Å². The second kappa shape index (κ2) is 8.35. The summed E-state index contributed by atoms with van der Waals surface area (Å²) < 4.78 is 40.3. The van der Waals surface area contributed by atoms with Gasteiger partial charge in [0.05, 0.1) is 11.4 Å². The van der Waals surface area contributed by atoms with Gasteiger partial charge in [-0.15, -0.1) is 0 Å². The number of hydrogen-bond donors (Lipinski definition) is 0. The normalized spacial score (nSPS) is 20.1. The fraction of sp³-hybridized carbons (Fsp3) is 0.409. The van der Waals surface area contributed by atoms with Gasteiger partial charge >= 0.3 is 0 Å². The van der Waals surface area contributed by atoms with Gasteiger partial charge in [0.2, 0.25) is 15.9 Å². The van der Waals surface area contributed by atoms with Crippen LogP contribution in [-0.2, 0) is 21.2 Å². The molecule has 2 aliphatic rings. The van der Waals surface area contributed by atoms with E-state index in [-0.39, 0.29) is 36.5 Å². The monoisotopic (exact) mass is 431 g/mol. The molecule has 0 aliphatic carbocycles. The van der Waals surface area contributed by atoms with Gasteiger partial charge in [-0.2, -0.15) is 4.31 Å². The van der Waals surface area contributed by atoms with Crippen molar-refractivity contribution in [3.05, 3.63) is 59.9 Å². The van der Waals surface area contributed by atoms with E-state index in [1.165, 1.54) is 28.1 Å². The van der Waals surface area contributed by atoms with Gasteiger partial charge in [0.25, 0.3) is 0 Å². The molecule has 160 valence electrons. The molecule has 1 unspecified atom stereocenters. The number of aryl methyl sites for hydroxylation is 1. The van der Waals surface area contributed by atoms with Crippen LogP contribution in [0.4, 0.5) is 10.1 Å². The van der Waals surface area contributed by atoms with E-state index < -0.39 is 15.8 Å². The number of hydrogen-bond acceptors (Lipinski definition) is 4. The summed E-state index contributed by atoms with van der Waals surface area (Å²) in [5, 5.41) is 0. The first-order chi connectivity index (χ1) is 14.4. The molecule has 1 saturated heterocycles. The maximum absolute atomic E-state index is 13.5. The smallest absolute Gasteiger partial charge is 0.243 e. The highest BCUT2D eigenvalue weighted by Crippen LogP contribution is 2.30. The summed E-state index contributed by atoms with van der Waals surface area (Å²) in [7, 11) is -3.76. The minimum Gasteiger partial charge on any atom is -0.359 e. The maximum atomic E-state index is 13.5. The van der Waals surface area contributed by atoms with Crippen molar-refractivity contribution in [3.63, 3.8) is 0 Å². The molecule has 0 radical (unpaired) electrons. The van der Waals surface area contributed by atoms with Crippen LogP contribution in [0.5, 0.6) is 0 Å². The Morgan fingerprint density at radius 2 is 1.80 bits per heavy atom. The third-order valence-corrected chi connectivity index (χ3v) is 7.89. The summed E-state index contributed by atoms with van der Waals surface area (Å²) >= 11 is 0. The number of piperazine rings is 1. The SMILES string of the molecule is CC1CCc2ccccc2N1CC(=O)N1CCN(S(=O)(=O)c2cccc(F)c2)CC1. The lowest BCUT2D eigenvalue weighted by Crippen LogP contribution is -2.53. The molecule has 6 nitrogen and oxygen atoms in total. The summed E-state index contributed by atoms with van der Waals surface area (Å²) in [5.74, 6) is -0.581. The molecule has 1 fully saturated rings. The lowest BCUT2D eigenvalue weighted by Gasteiger charge is -2.39. The number of nitrogens with zero attached hydrogens (tertiary/aromatic N) is 3. The van der Waals surface area contributed by atoms with Gasteiger partial charge in [-0.25, -0.2) is 12.8 Å². The Balaban J connectivity index is 1.40. The molecule has 0 spiro atoms. The fourth-order valence-corrected chi connectivity index (χ4v) is 5.66. The van der Waals surface area contributed by atoms with Crippen molar-refractivity contribution in [3.8, 4) is 0 Å². The summed E-state index contributed by atoms with van der Waals surface area (Å²) in [6, 6.07) is 13.5. The largest absolute Gasteiger partial charge is 0.359 e. The first-order valence-corrected chi connectivity index (χ1v) is 11.7. The van der Waals surface area contributed by atoms with Crippen molar-refractivity contribution in [1.82, 2.24) is 9.21 Å². The molecule has 1 atom stereocenters. The van der Waals surface area contributed by atoms with E-state index >= 15 is 0 Å². The zero-order valence-corrected chi connectivity index (χ0v) is 17.8. The fourth-order valence-electron chi connectivity index (χ4n) is 4.20. The number of sulfonamides is 1. The minimum absolute atomic E-state index is 0.00126. The predicted molar refractivity (Wildman–Crippen MR) is 113 cm³/mol. The first-order valence-electron chi connectivity index (χ1n) is 10.2. The molecule has 4 rings (SSSR count). The molecule has 2 aromatic carbocycles. The Morgan fingerprint density at radius 1 is 1.07 bits per heavy atom. The number of para-hydroxylation sites is 1. The Labute approximate surface area is 176 Å². The van der Waals surface area contributed by atoms with Gasteiger partial charge in [-0.05, 0) is 49.6 Å². The predicted octanol–water partition coefficient (Wildman–Crippen LogP) is 2.50. The van der Waals surface area contributed by atoms with Crippen LogP contribution in [-0.4, -0.2) is 62.3 Å². The van der Waals surface area contributed by atoms with E-state index in [2.05, 4.69) is 24.0 Å². The van der Waals surface area contributed by atoms with E-state index in [9.17, 15) is 17.6 Å². The summed E-state index contributed by atoms with van der Waals surface area (Å²) in [5.41, 5.74) is 2.37. The van der Waals surface area contributed by atoms with Crippen LogP contribution >= 0.6 is 0 Å². The number of halogens is 1. The van der Waals surface area contributed by atoms with Gasteiger partial charge < -0.3 is 9.80 Å². The van der Waals surface area contributed by atoms with Crippen LogP contribution < -0.4 is 4.90 Å². The summed E-state index contributed by atoms with van der Waals surface area (Å²) in [4.78, 5) is 16.8. The van der Waals surface area contributed by atoms with Crippen molar-refractivity contribution in [2.75, 3.05) is 37.6 Å². The lowest BCUT2D eigenvalue weighted by atomic mass is 9.96. The average Bonchev–Trinajstić information content (AvgIpc) is 2.76. The molecule has 8 heteroatoms. The number of carbonyl (C=O) groups is 1. The van der Waals surface area contributed by atoms with Crippen LogP contribution in [0, 0.1) is 5.82 Å². The number of rotatable bonds is 4. The van der Waals surface area contributed by atoms with Crippen LogP contribution in [0.15, 0.2) is 53.4 Å². The molecule has 0 bridgehead atoms. The van der Waals surface area contributed by atoms with Crippen molar-refractivity contribution in [2.45, 2.75) is 30.7 Å². The first kappa shape index (κ1) is 20.8. The van der Waals surface area contributed by atoms with Crippen molar-refractivity contribution in [2.24, 2.45) is 0 Å². The van der Waals surface area contributed by atoms with E-state index in [1.54, 1.807) is 4.90 Å². The van der Waals surface area contributed by atoms with Gasteiger partial charge in [-0.3, -0.25) is 4.79 Å². The molecule has 0 aromatic heterocycles. The Hall–Kier alpha value is -2.45. The number of anilines is 1. The second-order valence-electron chi connectivity index (χ2n) is 7.89. The van der Waals surface area contributed by atoms with Gasteiger partial charge in [-0.1, -0.05) is 24.3 Å². The van der Waals surface area contributed by atoms with Crippen LogP contribution in [0.25, 0.3) is 0 Å². The standard InChI is InChI=1S/C22H26FN3O3S/c1-17-9-10-18-5-2-3-8-21(18)26(17)16-22(27)24-11-13-25(14-12-24)30(28,29)20-7-4-6-19(23)15-20/h2-8,15,17H,9-14,16H2,1H3. The van der Waals surface area contributed by atoms with Gasteiger partial charge in [0.15, 0.2) is 0 Å². The molecule has 30 heavy (non-hydrogen) atoms. The maximum Gasteiger partial charge on any atom is 0.243 e. The zero-order valence-electron chi connectivity index (χ0n) is 17.0. The molecule has 0 saturated carbocycles. The Kier molecular flexibility index (Phi) is 5.79. The van der Waals surface area contributed by atoms with Crippen molar-refractivity contribution in [1.29, 1.82) is 0 Å². The second-order valence-corrected chi connectivity index (χ2v) is 9.82. The third kappa shape index (κ3) is 4.06. The minimum atomic E-state index is -3.76. The zero-order chi connectivity index (χ0) is 21.3. The number of fused-ring (bicyclic) bond motifs is 1. The highest BCUT2D eigenvalue weighted by atomic mass is 32.2. The molecule has 1 amide bonds. The number of amides is 1. The van der Waals surface area contributed by atoms with Crippen LogP contribution in [0.2, 0.25) is 0 Å². The van der Waals surface area contributed by atoms with Gasteiger partial charge in [0, 0.05) is 37.9 Å². The highest BCUT2D eigenvalue weighted by Gasteiger charge is 2.32. The summed E-state index contributed by atoms with van der Waals surface area (Å²) in [6.07, 6.45) is 2.02. The summed E-state index contributed by atoms with van der Waals surface area (Å²) in [6.45, 7) is 3.49. The average molecular weight is 432 g/mol. The van der Waals surface area contributed by atoms with Crippen molar-refractivity contribution < 1.29 is 17.6 Å². The van der Waals surface area contributed by atoms with E-state index in [0.717, 1.165) is 24.6 Å². The number of carbonyl (C=O) groups excluding carboxylic acids is 1.